The summed E-state index contributed by atoms with van der Waals surface area (Å²) in [5, 5.41) is 4.78. The molecule has 0 bridgehead atoms. The normalized spacial score (nSPS) is 14.5. The van der Waals surface area contributed by atoms with E-state index in [0.29, 0.717) is 30.5 Å². The summed E-state index contributed by atoms with van der Waals surface area (Å²) < 4.78 is 9.37. The fourth-order valence-electron chi connectivity index (χ4n) is 4.06. The molecule has 160 valence electrons. The fourth-order valence-corrected chi connectivity index (χ4v) is 4.06. The Morgan fingerprint density at radius 3 is 2.53 bits per heavy atom. The predicted octanol–water partition coefficient (Wildman–Crippen LogP) is 2.95. The van der Waals surface area contributed by atoms with Crippen molar-refractivity contribution in [1.82, 2.24) is 34.0 Å². The van der Waals surface area contributed by atoms with Crippen molar-refractivity contribution in [3.8, 4) is 22.8 Å². The number of aryl methyl sites for hydroxylation is 2. The Labute approximate surface area is 184 Å². The van der Waals surface area contributed by atoms with Crippen LogP contribution in [-0.4, -0.2) is 60.3 Å². The lowest BCUT2D eigenvalue weighted by Crippen LogP contribution is -2.36. The van der Waals surface area contributed by atoms with Crippen molar-refractivity contribution in [1.29, 1.82) is 0 Å². The van der Waals surface area contributed by atoms with Crippen LogP contribution >= 0.6 is 0 Å². The van der Waals surface area contributed by atoms with Crippen LogP contribution in [0.25, 0.3) is 34.2 Å². The Morgan fingerprint density at radius 2 is 1.75 bits per heavy atom. The Kier molecular flexibility index (Phi) is 4.36. The number of hydrogen-bond acceptors (Lipinski definition) is 7. The van der Waals surface area contributed by atoms with Gasteiger partial charge in [0, 0.05) is 37.2 Å². The standard InChI is InChI=1S/C23H22N8O/c1-15-12-24-16(2)22-27-21(28-31(15)22)20-19(29-8-10-32-11-9-29)14-30-13-18(25-23(30)26-20)17-6-4-3-5-7-17/h3-7,12-14H,8-11H2,1-2H3. The van der Waals surface area contributed by atoms with Gasteiger partial charge in [-0.3, -0.25) is 9.38 Å². The molecule has 0 saturated carbocycles. The molecule has 9 heteroatoms. The smallest absolute Gasteiger partial charge is 0.235 e. The number of benzene rings is 1. The van der Waals surface area contributed by atoms with Crippen LogP contribution in [0, 0.1) is 13.8 Å². The zero-order valence-corrected chi connectivity index (χ0v) is 17.9. The van der Waals surface area contributed by atoms with Crippen LogP contribution in [0.5, 0.6) is 0 Å². The molecule has 0 atom stereocenters. The third kappa shape index (κ3) is 3.09. The van der Waals surface area contributed by atoms with Crippen molar-refractivity contribution in [2.24, 2.45) is 0 Å². The van der Waals surface area contributed by atoms with E-state index < -0.39 is 0 Å². The molecule has 1 aromatic carbocycles. The molecule has 0 radical (unpaired) electrons. The molecule has 0 amide bonds. The first-order valence-corrected chi connectivity index (χ1v) is 10.6. The zero-order valence-electron chi connectivity index (χ0n) is 17.9. The minimum atomic E-state index is 0.567. The topological polar surface area (TPSA) is 85.7 Å². The second kappa shape index (κ2) is 7.38. The Bertz CT molecular complexity index is 1390. The van der Waals surface area contributed by atoms with Gasteiger partial charge in [0.1, 0.15) is 5.69 Å². The van der Waals surface area contributed by atoms with E-state index in [0.717, 1.165) is 47.1 Å². The van der Waals surface area contributed by atoms with Gasteiger partial charge in [-0.25, -0.2) is 19.5 Å². The molecular weight excluding hydrogens is 404 g/mol. The lowest BCUT2D eigenvalue weighted by molar-refractivity contribution is 0.122. The summed E-state index contributed by atoms with van der Waals surface area (Å²) in [7, 11) is 0. The van der Waals surface area contributed by atoms with E-state index in [2.05, 4.69) is 16.1 Å². The van der Waals surface area contributed by atoms with E-state index >= 15 is 0 Å². The van der Waals surface area contributed by atoms with E-state index in [1.54, 1.807) is 6.20 Å². The summed E-state index contributed by atoms with van der Waals surface area (Å²) in [5.41, 5.74) is 6.10. The first kappa shape index (κ1) is 18.9. The van der Waals surface area contributed by atoms with Gasteiger partial charge < -0.3 is 9.64 Å². The summed E-state index contributed by atoms with van der Waals surface area (Å²) in [6.45, 7) is 6.83. The predicted molar refractivity (Wildman–Crippen MR) is 121 cm³/mol. The number of hydrogen-bond donors (Lipinski definition) is 0. The maximum Gasteiger partial charge on any atom is 0.235 e. The van der Waals surface area contributed by atoms with Crippen molar-refractivity contribution >= 4 is 17.1 Å². The third-order valence-electron chi connectivity index (χ3n) is 5.77. The number of fused-ring (bicyclic) bond motifs is 2. The number of rotatable bonds is 3. The third-order valence-corrected chi connectivity index (χ3v) is 5.77. The summed E-state index contributed by atoms with van der Waals surface area (Å²) in [5.74, 6) is 1.18. The second-order valence-corrected chi connectivity index (χ2v) is 7.93. The maximum absolute atomic E-state index is 5.57. The molecule has 0 aliphatic carbocycles. The average molecular weight is 426 g/mol. The highest BCUT2D eigenvalue weighted by atomic mass is 16.5. The average Bonchev–Trinajstić information content (AvgIpc) is 3.47. The van der Waals surface area contributed by atoms with Crippen molar-refractivity contribution in [3.05, 3.63) is 60.3 Å². The van der Waals surface area contributed by atoms with Gasteiger partial charge in [-0.05, 0) is 13.8 Å². The molecule has 5 heterocycles. The van der Waals surface area contributed by atoms with E-state index in [1.807, 2.05) is 59.3 Å². The van der Waals surface area contributed by atoms with E-state index in [1.165, 1.54) is 0 Å². The highest BCUT2D eigenvalue weighted by Crippen LogP contribution is 2.30. The summed E-state index contributed by atoms with van der Waals surface area (Å²) in [6.07, 6.45) is 5.90. The number of ether oxygens (including phenoxy) is 1. The molecule has 0 N–H and O–H groups in total. The number of anilines is 1. The van der Waals surface area contributed by atoms with Crippen LogP contribution in [0.3, 0.4) is 0 Å². The lowest BCUT2D eigenvalue weighted by Gasteiger charge is -2.29. The highest BCUT2D eigenvalue weighted by molar-refractivity contribution is 5.74. The minimum Gasteiger partial charge on any atom is -0.378 e. The molecule has 0 unspecified atom stereocenters. The molecule has 1 fully saturated rings. The van der Waals surface area contributed by atoms with Crippen molar-refractivity contribution in [2.75, 3.05) is 31.2 Å². The van der Waals surface area contributed by atoms with Gasteiger partial charge in [-0.1, -0.05) is 30.3 Å². The number of aromatic nitrogens is 7. The second-order valence-electron chi connectivity index (χ2n) is 7.93. The van der Waals surface area contributed by atoms with Crippen LogP contribution in [0.15, 0.2) is 48.9 Å². The lowest BCUT2D eigenvalue weighted by atomic mass is 10.2. The Morgan fingerprint density at radius 1 is 0.938 bits per heavy atom. The molecule has 1 aliphatic rings. The fraction of sp³-hybridized carbons (Fsp3) is 0.261. The monoisotopic (exact) mass is 426 g/mol. The molecule has 1 aliphatic heterocycles. The van der Waals surface area contributed by atoms with Gasteiger partial charge in [0.25, 0.3) is 0 Å². The van der Waals surface area contributed by atoms with Crippen LogP contribution in [-0.2, 0) is 4.74 Å². The van der Waals surface area contributed by atoms with Crippen LogP contribution in [0.1, 0.15) is 11.4 Å². The SMILES string of the molecule is Cc1ncc(C)n2nc(-c3nc4nc(-c5ccccc5)cn4cc3N3CCOCC3)nc12. The van der Waals surface area contributed by atoms with Crippen LogP contribution in [0.2, 0.25) is 0 Å². The summed E-state index contributed by atoms with van der Waals surface area (Å²) >= 11 is 0. The largest absolute Gasteiger partial charge is 0.378 e. The van der Waals surface area contributed by atoms with Gasteiger partial charge in [-0.15, -0.1) is 5.10 Å². The number of imidazole rings is 1. The Balaban J connectivity index is 1.56. The molecule has 5 aromatic rings. The molecule has 0 spiro atoms. The van der Waals surface area contributed by atoms with Crippen molar-refractivity contribution < 1.29 is 4.74 Å². The quantitative estimate of drug-likeness (QED) is 0.438. The molecule has 9 nitrogen and oxygen atoms in total. The van der Waals surface area contributed by atoms with E-state index in [-0.39, 0.29) is 0 Å². The van der Waals surface area contributed by atoms with E-state index in [4.69, 9.17) is 24.8 Å². The molecule has 32 heavy (non-hydrogen) atoms. The van der Waals surface area contributed by atoms with Gasteiger partial charge in [0.15, 0.2) is 5.65 Å². The summed E-state index contributed by atoms with van der Waals surface area (Å²) in [4.78, 5) is 21.2. The molecule has 4 aromatic heterocycles. The van der Waals surface area contributed by atoms with Crippen molar-refractivity contribution in [3.63, 3.8) is 0 Å². The van der Waals surface area contributed by atoms with Crippen LogP contribution < -0.4 is 4.90 Å². The molecule has 1 saturated heterocycles. The van der Waals surface area contributed by atoms with E-state index in [9.17, 15) is 0 Å². The van der Waals surface area contributed by atoms with Gasteiger partial charge >= 0.3 is 0 Å². The minimum absolute atomic E-state index is 0.567. The zero-order chi connectivity index (χ0) is 21.7. The maximum atomic E-state index is 5.57. The Hall–Kier alpha value is -3.85. The molecule has 6 rings (SSSR count). The first-order chi connectivity index (χ1) is 15.7. The van der Waals surface area contributed by atoms with Gasteiger partial charge in [0.05, 0.1) is 36.0 Å². The van der Waals surface area contributed by atoms with Gasteiger partial charge in [0.2, 0.25) is 11.6 Å². The van der Waals surface area contributed by atoms with Gasteiger partial charge in [-0.2, -0.15) is 0 Å². The number of nitrogens with zero attached hydrogens (tertiary/aromatic N) is 8. The van der Waals surface area contributed by atoms with Crippen molar-refractivity contribution in [2.45, 2.75) is 13.8 Å². The first-order valence-electron chi connectivity index (χ1n) is 10.6. The summed E-state index contributed by atoms with van der Waals surface area (Å²) in [6, 6.07) is 10.1. The molecular formula is C23H22N8O. The highest BCUT2D eigenvalue weighted by Gasteiger charge is 2.23. The number of morpholine rings is 1. The van der Waals surface area contributed by atoms with Crippen LogP contribution in [0.4, 0.5) is 5.69 Å².